The molecule has 0 saturated carbocycles. The van der Waals surface area contributed by atoms with Crippen LogP contribution >= 0.6 is 0 Å². The van der Waals surface area contributed by atoms with E-state index in [-0.39, 0.29) is 22.4 Å². The van der Waals surface area contributed by atoms with Gasteiger partial charge in [-0.3, -0.25) is 4.98 Å². The van der Waals surface area contributed by atoms with Gasteiger partial charge in [0.25, 0.3) is 0 Å². The van der Waals surface area contributed by atoms with Crippen molar-refractivity contribution >= 4 is 11.0 Å². The maximum Gasteiger partial charge on any atom is 0.417 e. The van der Waals surface area contributed by atoms with Crippen LogP contribution < -0.4 is 0 Å². The van der Waals surface area contributed by atoms with Crippen LogP contribution in [0.3, 0.4) is 0 Å². The van der Waals surface area contributed by atoms with Gasteiger partial charge in [-0.25, -0.2) is 13.8 Å². The van der Waals surface area contributed by atoms with Gasteiger partial charge in [-0.2, -0.15) is 13.2 Å². The van der Waals surface area contributed by atoms with Crippen LogP contribution in [0, 0.1) is 11.6 Å². The molecule has 0 unspecified atom stereocenters. The largest absolute Gasteiger partial charge is 0.417 e. The first-order valence-corrected chi connectivity index (χ1v) is 6.12. The summed E-state index contributed by atoms with van der Waals surface area (Å²) in [5, 5.41) is 0. The Morgan fingerprint density at radius 2 is 1.82 bits per heavy atom. The third-order valence-corrected chi connectivity index (χ3v) is 3.29. The third-order valence-electron chi connectivity index (χ3n) is 3.29. The van der Waals surface area contributed by atoms with E-state index in [1.54, 1.807) is 0 Å². The molecule has 114 valence electrons. The molecule has 3 aromatic rings. The Balaban J connectivity index is 2.34. The summed E-state index contributed by atoms with van der Waals surface area (Å²) in [7, 11) is 1.32. The molecule has 3 rings (SSSR count). The zero-order chi connectivity index (χ0) is 16.1. The van der Waals surface area contributed by atoms with Crippen molar-refractivity contribution in [1.82, 2.24) is 14.5 Å². The van der Waals surface area contributed by atoms with Gasteiger partial charge in [0.2, 0.25) is 0 Å². The molecular formula is C14H8F5N3. The van der Waals surface area contributed by atoms with Crippen molar-refractivity contribution in [2.24, 2.45) is 7.05 Å². The zero-order valence-corrected chi connectivity index (χ0v) is 11.1. The highest BCUT2D eigenvalue weighted by atomic mass is 19.4. The van der Waals surface area contributed by atoms with E-state index in [9.17, 15) is 22.0 Å². The maximum atomic E-state index is 13.8. The Morgan fingerprint density at radius 3 is 2.50 bits per heavy atom. The van der Waals surface area contributed by atoms with E-state index >= 15 is 0 Å². The lowest BCUT2D eigenvalue weighted by atomic mass is 10.1. The summed E-state index contributed by atoms with van der Waals surface area (Å²) in [6.45, 7) is 0. The molecule has 0 aliphatic carbocycles. The second-order valence-corrected chi connectivity index (χ2v) is 4.64. The number of aryl methyl sites for hydroxylation is 1. The second-order valence-electron chi connectivity index (χ2n) is 4.64. The average Bonchev–Trinajstić information content (AvgIpc) is 2.80. The molecular weight excluding hydrogens is 305 g/mol. The van der Waals surface area contributed by atoms with Crippen LogP contribution in [-0.2, 0) is 13.2 Å². The number of aromatic nitrogens is 3. The third kappa shape index (κ3) is 2.11. The summed E-state index contributed by atoms with van der Waals surface area (Å²) >= 11 is 0. The van der Waals surface area contributed by atoms with Crippen LogP contribution in [0.5, 0.6) is 0 Å². The quantitative estimate of drug-likeness (QED) is 0.637. The van der Waals surface area contributed by atoms with Crippen molar-refractivity contribution in [2.45, 2.75) is 6.18 Å². The lowest BCUT2D eigenvalue weighted by Crippen LogP contribution is -2.09. The molecule has 0 N–H and O–H groups in total. The van der Waals surface area contributed by atoms with Gasteiger partial charge in [0, 0.05) is 25.0 Å². The topological polar surface area (TPSA) is 30.7 Å². The first kappa shape index (κ1) is 14.4. The summed E-state index contributed by atoms with van der Waals surface area (Å²) < 4.78 is 67.4. The fourth-order valence-corrected chi connectivity index (χ4v) is 2.29. The van der Waals surface area contributed by atoms with Crippen LogP contribution in [0.1, 0.15) is 5.56 Å². The van der Waals surface area contributed by atoms with Gasteiger partial charge in [-0.15, -0.1) is 0 Å². The number of benzene rings is 1. The van der Waals surface area contributed by atoms with Gasteiger partial charge in [0.15, 0.2) is 11.6 Å². The Hall–Kier alpha value is -2.51. The Kier molecular flexibility index (Phi) is 3.12. The Bertz CT molecular complexity index is 867. The minimum Gasteiger partial charge on any atom is -0.325 e. The van der Waals surface area contributed by atoms with Crippen molar-refractivity contribution in [3.05, 3.63) is 47.8 Å². The number of nitrogens with zero attached hydrogens (tertiary/aromatic N) is 3. The highest BCUT2D eigenvalue weighted by Crippen LogP contribution is 2.37. The van der Waals surface area contributed by atoms with Gasteiger partial charge in [-0.05, 0) is 18.2 Å². The van der Waals surface area contributed by atoms with Crippen LogP contribution in [0.25, 0.3) is 22.4 Å². The summed E-state index contributed by atoms with van der Waals surface area (Å²) in [4.78, 5) is 7.64. The monoisotopic (exact) mass is 313 g/mol. The van der Waals surface area contributed by atoms with E-state index in [1.807, 2.05) is 0 Å². The highest BCUT2D eigenvalue weighted by Gasteiger charge is 2.35. The van der Waals surface area contributed by atoms with Crippen molar-refractivity contribution in [2.75, 3.05) is 0 Å². The molecule has 0 bridgehead atoms. The number of halogens is 5. The van der Waals surface area contributed by atoms with E-state index < -0.39 is 23.4 Å². The fourth-order valence-electron chi connectivity index (χ4n) is 2.29. The molecule has 0 spiro atoms. The van der Waals surface area contributed by atoms with Gasteiger partial charge in [-0.1, -0.05) is 0 Å². The molecule has 0 amide bonds. The first-order chi connectivity index (χ1) is 10.3. The molecule has 1 aromatic carbocycles. The number of hydrogen-bond donors (Lipinski definition) is 0. The van der Waals surface area contributed by atoms with Gasteiger partial charge in [0.1, 0.15) is 11.3 Å². The molecule has 22 heavy (non-hydrogen) atoms. The van der Waals surface area contributed by atoms with E-state index in [0.717, 1.165) is 29.1 Å². The number of fused-ring (bicyclic) bond motifs is 1. The van der Waals surface area contributed by atoms with E-state index in [0.29, 0.717) is 0 Å². The minimum absolute atomic E-state index is 0.0633. The van der Waals surface area contributed by atoms with Gasteiger partial charge in [0.05, 0.1) is 11.1 Å². The molecule has 0 saturated heterocycles. The van der Waals surface area contributed by atoms with Crippen LogP contribution in [0.15, 0.2) is 30.6 Å². The van der Waals surface area contributed by atoms with Crippen LogP contribution in [0.2, 0.25) is 0 Å². The number of pyridine rings is 1. The minimum atomic E-state index is -4.61. The first-order valence-electron chi connectivity index (χ1n) is 6.12. The predicted octanol–water partition coefficient (Wildman–Crippen LogP) is 3.93. The highest BCUT2D eigenvalue weighted by molar-refractivity contribution is 5.81. The Morgan fingerprint density at radius 1 is 1.09 bits per heavy atom. The maximum absolute atomic E-state index is 13.8. The van der Waals surface area contributed by atoms with E-state index in [2.05, 4.69) is 9.97 Å². The molecule has 2 heterocycles. The number of rotatable bonds is 1. The molecule has 2 aromatic heterocycles. The summed E-state index contributed by atoms with van der Waals surface area (Å²) in [5.41, 5.74) is -1.38. The molecule has 0 aliphatic rings. The molecule has 0 atom stereocenters. The fraction of sp³-hybridized carbons (Fsp3) is 0.143. The average molecular weight is 313 g/mol. The number of hydrogen-bond acceptors (Lipinski definition) is 2. The smallest absolute Gasteiger partial charge is 0.325 e. The van der Waals surface area contributed by atoms with Crippen molar-refractivity contribution in [1.29, 1.82) is 0 Å². The molecule has 0 fully saturated rings. The van der Waals surface area contributed by atoms with E-state index in [1.165, 1.54) is 13.1 Å². The van der Waals surface area contributed by atoms with Gasteiger partial charge >= 0.3 is 6.18 Å². The van der Waals surface area contributed by atoms with Crippen LogP contribution in [0.4, 0.5) is 22.0 Å². The summed E-state index contributed by atoms with van der Waals surface area (Å²) in [6.07, 6.45) is -2.60. The second kappa shape index (κ2) is 4.75. The van der Waals surface area contributed by atoms with Crippen molar-refractivity contribution < 1.29 is 22.0 Å². The molecule has 0 radical (unpaired) electrons. The standard InChI is InChI=1S/C14H8F5N3/c1-22-12-10(3-2-9(15)11(12)16)21-13(22)7-6-20-5-4-8(7)14(17,18)19/h2-6H,1H3. The lowest BCUT2D eigenvalue weighted by molar-refractivity contribution is -0.137. The van der Waals surface area contributed by atoms with Crippen molar-refractivity contribution in [3.63, 3.8) is 0 Å². The van der Waals surface area contributed by atoms with Crippen LogP contribution in [-0.4, -0.2) is 14.5 Å². The molecule has 0 aliphatic heterocycles. The Labute approximate surface area is 121 Å². The van der Waals surface area contributed by atoms with Crippen molar-refractivity contribution in [3.8, 4) is 11.4 Å². The van der Waals surface area contributed by atoms with E-state index in [4.69, 9.17) is 0 Å². The summed E-state index contributed by atoms with van der Waals surface area (Å²) in [5.74, 6) is -2.39. The van der Waals surface area contributed by atoms with Gasteiger partial charge < -0.3 is 4.57 Å². The normalized spacial score (nSPS) is 12.1. The molecule has 3 nitrogen and oxygen atoms in total. The number of alkyl halides is 3. The predicted molar refractivity (Wildman–Crippen MR) is 68.9 cm³/mol. The lowest BCUT2D eigenvalue weighted by Gasteiger charge is -2.11. The molecule has 8 heteroatoms. The zero-order valence-electron chi connectivity index (χ0n) is 11.1. The summed E-state index contributed by atoms with van der Waals surface area (Å²) in [6, 6.07) is 2.90. The SMILES string of the molecule is Cn1c(-c2cnccc2C(F)(F)F)nc2ccc(F)c(F)c21. The number of imidazole rings is 1.